The average Bonchev–Trinajstić information content (AvgIpc) is 3.56. The number of hydrogen-bond acceptors (Lipinski definition) is 8. The maximum atomic E-state index is 13.8. The second kappa shape index (κ2) is 15.5. The Bertz CT molecular complexity index is 1570. The molecule has 46 heavy (non-hydrogen) atoms. The molecule has 3 aromatic rings. The minimum Gasteiger partial charge on any atom is -0.508 e. The molecule has 5 rings (SSSR count). The molecule has 10 heteroatoms. The van der Waals surface area contributed by atoms with Gasteiger partial charge in [-0.3, -0.25) is 9.59 Å². The lowest BCUT2D eigenvalue weighted by Crippen LogP contribution is -2.51. The third kappa shape index (κ3) is 8.08. The van der Waals surface area contributed by atoms with Crippen molar-refractivity contribution in [2.75, 3.05) is 27.0 Å². The van der Waals surface area contributed by atoms with Gasteiger partial charge in [0.2, 0.25) is 11.8 Å². The number of carbonyl (C=O) groups is 3. The standard InChI is InChI=1S/C36H38N2O8/c1-38(29(34(41)37-18-19-39)20-25-8-3-2-4-9-25)35(42)28-21-31-33(45-23-44-31)32(22-28)46-36(43)27-16-14-24(15-17-27)10-7-12-26-11-5-6-13-30(26)40/h2-11,13-17,21,29,31-33,39-40H,12,18-20,22-23H2,1H3,(H,37,41). The number of aliphatic hydroxyl groups excluding tert-OH is 1. The minimum absolute atomic E-state index is 0.000814. The normalized spacial score (nSPS) is 19.6. The summed E-state index contributed by atoms with van der Waals surface area (Å²) < 4.78 is 17.3. The van der Waals surface area contributed by atoms with Gasteiger partial charge >= 0.3 is 5.97 Å². The van der Waals surface area contributed by atoms with Crippen molar-refractivity contribution in [3.63, 3.8) is 0 Å². The highest BCUT2D eigenvalue weighted by atomic mass is 16.7. The van der Waals surface area contributed by atoms with Crippen molar-refractivity contribution in [3.8, 4) is 5.75 Å². The third-order valence-corrected chi connectivity index (χ3v) is 8.09. The summed E-state index contributed by atoms with van der Waals surface area (Å²) in [5.41, 5.74) is 3.27. The molecule has 1 aliphatic carbocycles. The molecule has 4 atom stereocenters. The van der Waals surface area contributed by atoms with Crippen LogP contribution in [-0.4, -0.2) is 84.2 Å². The molecule has 1 fully saturated rings. The first-order chi connectivity index (χ1) is 22.3. The second-order valence-corrected chi connectivity index (χ2v) is 11.2. The maximum absolute atomic E-state index is 13.8. The summed E-state index contributed by atoms with van der Waals surface area (Å²) in [6.07, 6.45) is 4.50. The predicted octanol–water partition coefficient (Wildman–Crippen LogP) is 3.42. The highest BCUT2D eigenvalue weighted by molar-refractivity contribution is 5.97. The molecule has 2 amide bonds. The number of nitrogens with one attached hydrogen (secondary N) is 1. The van der Waals surface area contributed by atoms with E-state index >= 15 is 0 Å². The number of fused-ring (bicyclic) bond motifs is 1. The molecular weight excluding hydrogens is 588 g/mol. The van der Waals surface area contributed by atoms with E-state index in [-0.39, 0.29) is 44.4 Å². The molecule has 0 aromatic heterocycles. The SMILES string of the molecule is CN(C(=O)C1=CC2OCOC2C(OC(=O)c2ccc(C=CCc3ccccc3O)cc2)C1)C(Cc1ccccc1)C(=O)NCCO. The summed E-state index contributed by atoms with van der Waals surface area (Å²) in [7, 11) is 1.56. The van der Waals surface area contributed by atoms with E-state index in [1.165, 1.54) is 4.90 Å². The van der Waals surface area contributed by atoms with Crippen LogP contribution in [-0.2, 0) is 36.6 Å². The Morgan fingerprint density at radius 1 is 1.02 bits per heavy atom. The van der Waals surface area contributed by atoms with Crippen LogP contribution in [0, 0.1) is 0 Å². The van der Waals surface area contributed by atoms with Gasteiger partial charge in [-0.1, -0.05) is 72.8 Å². The Kier molecular flexibility index (Phi) is 11.0. The monoisotopic (exact) mass is 626 g/mol. The summed E-state index contributed by atoms with van der Waals surface area (Å²) in [6, 6.07) is 22.6. The predicted molar refractivity (Wildman–Crippen MR) is 171 cm³/mol. The van der Waals surface area contributed by atoms with E-state index in [1.54, 1.807) is 49.5 Å². The van der Waals surface area contributed by atoms with Crippen LogP contribution in [0.15, 0.2) is 96.6 Å². The molecule has 240 valence electrons. The van der Waals surface area contributed by atoms with Gasteiger partial charge in [0.25, 0.3) is 0 Å². The molecule has 0 saturated carbocycles. The lowest BCUT2D eigenvalue weighted by Gasteiger charge is -2.33. The first kappa shape index (κ1) is 32.6. The van der Waals surface area contributed by atoms with Gasteiger partial charge in [0, 0.05) is 32.0 Å². The molecular formula is C36H38N2O8. The van der Waals surface area contributed by atoms with Crippen LogP contribution < -0.4 is 5.32 Å². The molecule has 0 spiro atoms. The third-order valence-electron chi connectivity index (χ3n) is 8.09. The number of likely N-dealkylation sites (N-methyl/N-ethyl adjacent to an activating group) is 1. The van der Waals surface area contributed by atoms with Crippen LogP contribution in [0.25, 0.3) is 6.08 Å². The van der Waals surface area contributed by atoms with Crippen molar-refractivity contribution in [3.05, 3.63) is 119 Å². The van der Waals surface area contributed by atoms with Crippen LogP contribution in [0.3, 0.4) is 0 Å². The van der Waals surface area contributed by atoms with Gasteiger partial charge in [0.1, 0.15) is 36.9 Å². The zero-order chi connectivity index (χ0) is 32.5. The first-order valence-electron chi connectivity index (χ1n) is 15.2. The summed E-state index contributed by atoms with van der Waals surface area (Å²) >= 11 is 0. The maximum Gasteiger partial charge on any atom is 0.338 e. The van der Waals surface area contributed by atoms with Gasteiger partial charge in [-0.05, 0) is 47.4 Å². The van der Waals surface area contributed by atoms with Gasteiger partial charge < -0.3 is 34.6 Å². The number of phenolic OH excluding ortho intramolecular Hbond substituents is 1. The summed E-state index contributed by atoms with van der Waals surface area (Å²) in [4.78, 5) is 41.5. The molecule has 1 aliphatic heterocycles. The molecule has 10 nitrogen and oxygen atoms in total. The van der Waals surface area contributed by atoms with E-state index in [2.05, 4.69) is 5.32 Å². The lowest BCUT2D eigenvalue weighted by atomic mass is 9.90. The van der Waals surface area contributed by atoms with Gasteiger partial charge in [-0.15, -0.1) is 0 Å². The van der Waals surface area contributed by atoms with Gasteiger partial charge in [-0.2, -0.15) is 0 Å². The lowest BCUT2D eigenvalue weighted by molar-refractivity contribution is -0.137. The topological polar surface area (TPSA) is 135 Å². The van der Waals surface area contributed by atoms with E-state index in [0.29, 0.717) is 17.6 Å². The van der Waals surface area contributed by atoms with Crippen molar-refractivity contribution in [2.45, 2.75) is 43.6 Å². The number of phenols is 1. The molecule has 4 unspecified atom stereocenters. The quantitative estimate of drug-likeness (QED) is 0.261. The fourth-order valence-corrected chi connectivity index (χ4v) is 5.56. The molecule has 0 bridgehead atoms. The number of hydrogen-bond donors (Lipinski definition) is 3. The van der Waals surface area contributed by atoms with Crippen LogP contribution in [0.2, 0.25) is 0 Å². The fourth-order valence-electron chi connectivity index (χ4n) is 5.56. The number of rotatable bonds is 12. The number of benzene rings is 3. The molecule has 0 radical (unpaired) electrons. The summed E-state index contributed by atoms with van der Waals surface area (Å²) in [5, 5.41) is 21.8. The van der Waals surface area contributed by atoms with E-state index in [4.69, 9.17) is 14.2 Å². The van der Waals surface area contributed by atoms with Crippen molar-refractivity contribution in [1.82, 2.24) is 10.2 Å². The summed E-state index contributed by atoms with van der Waals surface area (Å²) in [5.74, 6) is -1.09. The number of aromatic hydroxyl groups is 1. The Morgan fingerprint density at radius 3 is 2.50 bits per heavy atom. The average molecular weight is 627 g/mol. The number of amides is 2. The highest BCUT2D eigenvalue weighted by Gasteiger charge is 2.43. The Hall–Kier alpha value is -4.77. The Labute approximate surface area is 267 Å². The van der Waals surface area contributed by atoms with E-state index < -0.39 is 36.2 Å². The van der Waals surface area contributed by atoms with E-state index in [1.807, 2.05) is 54.6 Å². The number of carbonyl (C=O) groups excluding carboxylic acids is 3. The van der Waals surface area contributed by atoms with Crippen LogP contribution in [0.4, 0.5) is 0 Å². The number of ether oxygens (including phenoxy) is 3. The van der Waals surface area contributed by atoms with Gasteiger partial charge in [-0.25, -0.2) is 4.79 Å². The van der Waals surface area contributed by atoms with Crippen molar-refractivity contribution >= 4 is 23.9 Å². The van der Waals surface area contributed by atoms with E-state index in [0.717, 1.165) is 16.7 Å². The number of nitrogens with zero attached hydrogens (tertiary/aromatic N) is 1. The molecule has 3 N–H and O–H groups in total. The van der Waals surface area contributed by atoms with E-state index in [9.17, 15) is 24.6 Å². The smallest absolute Gasteiger partial charge is 0.338 e. The van der Waals surface area contributed by atoms with Crippen LogP contribution in [0.1, 0.15) is 33.5 Å². The van der Waals surface area contributed by atoms with Crippen molar-refractivity contribution in [2.24, 2.45) is 0 Å². The molecule has 1 heterocycles. The molecule has 1 saturated heterocycles. The fraction of sp³-hybridized carbons (Fsp3) is 0.306. The molecule has 3 aromatic carbocycles. The number of para-hydroxylation sites is 1. The summed E-state index contributed by atoms with van der Waals surface area (Å²) in [6.45, 7) is -0.157. The molecule has 2 aliphatic rings. The Balaban J connectivity index is 1.25. The van der Waals surface area contributed by atoms with Gasteiger partial charge in [0.15, 0.2) is 0 Å². The second-order valence-electron chi connectivity index (χ2n) is 11.2. The number of allylic oxidation sites excluding steroid dienone is 1. The van der Waals surface area contributed by atoms with Gasteiger partial charge in [0.05, 0.1) is 12.2 Å². The van der Waals surface area contributed by atoms with Crippen LogP contribution >= 0.6 is 0 Å². The zero-order valence-electron chi connectivity index (χ0n) is 25.6. The van der Waals surface area contributed by atoms with Crippen molar-refractivity contribution in [1.29, 1.82) is 0 Å². The largest absolute Gasteiger partial charge is 0.508 e. The minimum atomic E-state index is -0.840. The number of aliphatic hydroxyl groups is 1. The zero-order valence-corrected chi connectivity index (χ0v) is 25.6. The van der Waals surface area contributed by atoms with Crippen molar-refractivity contribution < 1.29 is 38.8 Å². The highest BCUT2D eigenvalue weighted by Crippen LogP contribution is 2.32. The first-order valence-corrected chi connectivity index (χ1v) is 15.2. The Morgan fingerprint density at radius 2 is 1.76 bits per heavy atom. The van der Waals surface area contributed by atoms with Crippen LogP contribution in [0.5, 0.6) is 5.75 Å². The number of esters is 1.